The molecule has 6 heteroatoms. The van der Waals surface area contributed by atoms with E-state index in [9.17, 15) is 0 Å². The molecule has 0 radical (unpaired) electrons. The number of likely N-dealkylation sites (tertiary alicyclic amines) is 2. The highest BCUT2D eigenvalue weighted by atomic mass is 16.5. The van der Waals surface area contributed by atoms with Gasteiger partial charge < -0.3 is 14.5 Å². The largest absolute Gasteiger partial charge is 0.493 e. The smallest absolute Gasteiger partial charge is 0.165 e. The highest BCUT2D eigenvalue weighted by Gasteiger charge is 2.41. The minimum absolute atomic E-state index is 0.405. The van der Waals surface area contributed by atoms with E-state index < -0.39 is 0 Å². The molecule has 1 atom stereocenters. The highest BCUT2D eigenvalue weighted by molar-refractivity contribution is 5.46. The van der Waals surface area contributed by atoms with Gasteiger partial charge in [0.05, 0.1) is 19.9 Å². The van der Waals surface area contributed by atoms with Crippen molar-refractivity contribution in [3.8, 4) is 11.5 Å². The fourth-order valence-electron chi connectivity index (χ4n) is 5.36. The summed E-state index contributed by atoms with van der Waals surface area (Å²) in [4.78, 5) is 13.4. The quantitative estimate of drug-likeness (QED) is 0.750. The lowest BCUT2D eigenvalue weighted by Crippen LogP contribution is -2.44. The van der Waals surface area contributed by atoms with Crippen LogP contribution in [0.2, 0.25) is 0 Å². The molecule has 2 saturated heterocycles. The van der Waals surface area contributed by atoms with Crippen molar-refractivity contribution in [1.82, 2.24) is 19.8 Å². The Bertz CT molecular complexity index is 865. The second-order valence-corrected chi connectivity index (χ2v) is 9.04. The van der Waals surface area contributed by atoms with E-state index in [0.29, 0.717) is 5.41 Å². The van der Waals surface area contributed by atoms with Crippen LogP contribution in [-0.4, -0.2) is 60.2 Å². The first-order chi connectivity index (χ1) is 14.6. The lowest BCUT2D eigenvalue weighted by atomic mass is 9.79. The fourth-order valence-corrected chi connectivity index (χ4v) is 5.36. The highest BCUT2D eigenvalue weighted by Crippen LogP contribution is 2.41. The summed E-state index contributed by atoms with van der Waals surface area (Å²) < 4.78 is 11.2. The number of nitrogens with zero attached hydrogens (tertiary/aromatic N) is 3. The Morgan fingerprint density at radius 3 is 2.57 bits per heavy atom. The van der Waals surface area contributed by atoms with Crippen molar-refractivity contribution in [2.24, 2.45) is 5.41 Å². The van der Waals surface area contributed by atoms with Gasteiger partial charge in [-0.25, -0.2) is 4.98 Å². The standard InChI is InChI=1S/C24H36N4O2/c1-5-22-25-18(2)20(26-22)15-28-13-11-24(17-28)10-7-12-27(16-24)14-19-8-6-9-21(29-3)23(19)30-4/h6,8-9H,5,7,10-17H2,1-4H3,(H,25,26). The molecule has 2 aliphatic heterocycles. The third-order valence-corrected chi connectivity index (χ3v) is 6.88. The molecule has 1 spiro atoms. The van der Waals surface area contributed by atoms with Gasteiger partial charge in [0, 0.05) is 43.9 Å². The number of nitrogens with one attached hydrogen (secondary N) is 1. The molecular weight excluding hydrogens is 376 g/mol. The third kappa shape index (κ3) is 4.35. The van der Waals surface area contributed by atoms with Crippen molar-refractivity contribution in [1.29, 1.82) is 0 Å². The zero-order valence-corrected chi connectivity index (χ0v) is 19.0. The first-order valence-corrected chi connectivity index (χ1v) is 11.2. The average molecular weight is 413 g/mol. The molecule has 0 saturated carbocycles. The van der Waals surface area contributed by atoms with Crippen molar-refractivity contribution < 1.29 is 9.47 Å². The van der Waals surface area contributed by atoms with E-state index in [4.69, 9.17) is 14.5 Å². The summed E-state index contributed by atoms with van der Waals surface area (Å²) in [5.74, 6) is 2.79. The number of para-hydroxylation sites is 1. The van der Waals surface area contributed by atoms with Crippen LogP contribution in [0.4, 0.5) is 0 Å². The number of rotatable bonds is 7. The number of aromatic nitrogens is 2. The first kappa shape index (κ1) is 21.2. The van der Waals surface area contributed by atoms with Crippen molar-refractivity contribution in [2.75, 3.05) is 40.4 Å². The molecule has 30 heavy (non-hydrogen) atoms. The Labute approximate surface area is 180 Å². The van der Waals surface area contributed by atoms with Gasteiger partial charge in [0.2, 0.25) is 0 Å². The van der Waals surface area contributed by atoms with E-state index in [-0.39, 0.29) is 0 Å². The van der Waals surface area contributed by atoms with Gasteiger partial charge in [0.25, 0.3) is 0 Å². The summed E-state index contributed by atoms with van der Waals surface area (Å²) in [7, 11) is 3.43. The van der Waals surface area contributed by atoms with Gasteiger partial charge in [-0.05, 0) is 50.8 Å². The predicted octanol–water partition coefficient (Wildman–Crippen LogP) is 3.79. The number of benzene rings is 1. The summed E-state index contributed by atoms with van der Waals surface area (Å²) >= 11 is 0. The minimum atomic E-state index is 0.405. The normalized spacial score (nSPS) is 22.7. The van der Waals surface area contributed by atoms with Crippen molar-refractivity contribution >= 4 is 0 Å². The van der Waals surface area contributed by atoms with E-state index >= 15 is 0 Å². The van der Waals surface area contributed by atoms with Crippen molar-refractivity contribution in [3.05, 3.63) is 41.0 Å². The lowest BCUT2D eigenvalue weighted by molar-refractivity contribution is 0.0857. The molecule has 0 aliphatic carbocycles. The topological polar surface area (TPSA) is 53.6 Å². The molecule has 1 N–H and O–H groups in total. The summed E-state index contributed by atoms with van der Waals surface area (Å²) in [6.07, 6.45) is 4.84. The third-order valence-electron chi connectivity index (χ3n) is 6.88. The summed E-state index contributed by atoms with van der Waals surface area (Å²) in [5, 5.41) is 0. The number of hydrogen-bond donors (Lipinski definition) is 1. The zero-order chi connectivity index (χ0) is 21.1. The number of methoxy groups -OCH3 is 2. The molecular formula is C24H36N4O2. The van der Waals surface area contributed by atoms with Crippen LogP contribution in [0.25, 0.3) is 0 Å². The van der Waals surface area contributed by atoms with Gasteiger partial charge in [-0.2, -0.15) is 0 Å². The van der Waals surface area contributed by atoms with Crippen LogP contribution in [0.5, 0.6) is 11.5 Å². The van der Waals surface area contributed by atoms with Gasteiger partial charge in [0.1, 0.15) is 5.82 Å². The summed E-state index contributed by atoms with van der Waals surface area (Å²) in [6, 6.07) is 6.19. The Hall–Kier alpha value is -2.05. The molecule has 6 nitrogen and oxygen atoms in total. The van der Waals surface area contributed by atoms with E-state index in [2.05, 4.69) is 40.8 Å². The van der Waals surface area contributed by atoms with Gasteiger partial charge in [-0.15, -0.1) is 0 Å². The molecule has 3 heterocycles. The number of imidazole rings is 1. The molecule has 2 aromatic rings. The zero-order valence-electron chi connectivity index (χ0n) is 19.0. The van der Waals surface area contributed by atoms with E-state index in [1.54, 1.807) is 14.2 Å². The van der Waals surface area contributed by atoms with Gasteiger partial charge >= 0.3 is 0 Å². The monoisotopic (exact) mass is 412 g/mol. The number of hydrogen-bond acceptors (Lipinski definition) is 5. The Balaban J connectivity index is 1.41. The molecule has 2 aliphatic rings. The molecule has 2 fully saturated rings. The molecule has 164 valence electrons. The molecule has 0 bridgehead atoms. The van der Waals surface area contributed by atoms with Crippen molar-refractivity contribution in [2.45, 2.75) is 52.6 Å². The second kappa shape index (κ2) is 8.98. The van der Waals surface area contributed by atoms with Crippen LogP contribution in [-0.2, 0) is 19.5 Å². The molecule has 0 amide bonds. The molecule has 1 unspecified atom stereocenters. The van der Waals surface area contributed by atoms with E-state index in [0.717, 1.165) is 49.9 Å². The Morgan fingerprint density at radius 1 is 1.07 bits per heavy atom. The number of H-pyrrole nitrogens is 1. The predicted molar refractivity (Wildman–Crippen MR) is 119 cm³/mol. The summed E-state index contributed by atoms with van der Waals surface area (Å²) in [6.45, 7) is 10.8. The number of ether oxygens (including phenoxy) is 2. The van der Waals surface area contributed by atoms with Crippen LogP contribution >= 0.6 is 0 Å². The molecule has 1 aromatic carbocycles. The van der Waals surface area contributed by atoms with Gasteiger partial charge in [-0.3, -0.25) is 9.80 Å². The minimum Gasteiger partial charge on any atom is -0.493 e. The fraction of sp³-hybridized carbons (Fsp3) is 0.625. The average Bonchev–Trinajstić information content (AvgIpc) is 3.30. The van der Waals surface area contributed by atoms with Crippen LogP contribution in [0.15, 0.2) is 18.2 Å². The van der Waals surface area contributed by atoms with Crippen LogP contribution < -0.4 is 9.47 Å². The maximum absolute atomic E-state index is 5.66. The molecule has 1 aromatic heterocycles. The first-order valence-electron chi connectivity index (χ1n) is 11.2. The van der Waals surface area contributed by atoms with Crippen molar-refractivity contribution in [3.63, 3.8) is 0 Å². The lowest BCUT2D eigenvalue weighted by Gasteiger charge is -2.40. The van der Waals surface area contributed by atoms with Crippen LogP contribution in [0.1, 0.15) is 49.0 Å². The van der Waals surface area contributed by atoms with Gasteiger partial charge in [0.15, 0.2) is 11.5 Å². The molecule has 4 rings (SSSR count). The number of piperidine rings is 1. The van der Waals surface area contributed by atoms with Crippen LogP contribution in [0, 0.1) is 12.3 Å². The maximum Gasteiger partial charge on any atom is 0.165 e. The van der Waals surface area contributed by atoms with Gasteiger partial charge in [-0.1, -0.05) is 19.1 Å². The SMILES string of the molecule is CCc1nc(CN2CCC3(CCCN(Cc4cccc(OC)c4OC)C3)C2)c(C)[nH]1. The van der Waals surface area contributed by atoms with Crippen LogP contribution in [0.3, 0.4) is 0 Å². The van der Waals surface area contributed by atoms with E-state index in [1.165, 1.54) is 49.3 Å². The Kier molecular flexibility index (Phi) is 6.34. The van der Waals surface area contributed by atoms with E-state index in [1.807, 2.05) is 6.07 Å². The number of aromatic amines is 1. The Morgan fingerprint density at radius 2 is 1.87 bits per heavy atom. The second-order valence-electron chi connectivity index (χ2n) is 9.04. The summed E-state index contributed by atoms with van der Waals surface area (Å²) in [5.41, 5.74) is 4.06. The maximum atomic E-state index is 5.66. The number of aryl methyl sites for hydroxylation is 2.